The lowest BCUT2D eigenvalue weighted by Gasteiger charge is -2.35. The summed E-state index contributed by atoms with van der Waals surface area (Å²) in [5.41, 5.74) is 3.23. The van der Waals surface area contributed by atoms with E-state index in [2.05, 4.69) is 24.9 Å². The number of aromatic nitrogens is 4. The molecular weight excluding hydrogens is 343 g/mol. The first kappa shape index (κ1) is 17.2. The van der Waals surface area contributed by atoms with Crippen LogP contribution in [-0.2, 0) is 7.05 Å². The quantitative estimate of drug-likeness (QED) is 0.523. The zero-order chi connectivity index (χ0) is 18.8. The first-order valence-corrected chi connectivity index (χ1v) is 8.88. The summed E-state index contributed by atoms with van der Waals surface area (Å²) in [6, 6.07) is 8.72. The molecule has 4 rings (SSSR count). The Bertz CT molecular complexity index is 980. The van der Waals surface area contributed by atoms with Gasteiger partial charge < -0.3 is 9.47 Å². The lowest BCUT2D eigenvalue weighted by atomic mass is 9.94. The van der Waals surface area contributed by atoms with Crippen molar-refractivity contribution in [1.29, 1.82) is 0 Å². The van der Waals surface area contributed by atoms with Crippen molar-refractivity contribution in [2.45, 2.75) is 18.8 Å². The minimum atomic E-state index is -0.508. The molecule has 0 unspecified atom stereocenters. The van der Waals surface area contributed by atoms with Crippen LogP contribution in [0.25, 0.3) is 16.0 Å². The smallest absolute Gasteiger partial charge is 0.212 e. The van der Waals surface area contributed by atoms with Gasteiger partial charge in [-0.25, -0.2) is 9.83 Å². The Kier molecular flexibility index (Phi) is 4.55. The molecule has 0 amide bonds. The molecule has 0 aliphatic carbocycles. The monoisotopic (exact) mass is 362 g/mol. The van der Waals surface area contributed by atoms with Crippen LogP contribution in [0.1, 0.15) is 24.6 Å². The van der Waals surface area contributed by atoms with Crippen molar-refractivity contribution in [3.63, 3.8) is 0 Å². The number of para-hydroxylation sites is 1. The molecule has 0 bridgehead atoms. The molecule has 1 fully saturated rings. The van der Waals surface area contributed by atoms with Gasteiger partial charge in [-0.15, -0.1) is 10.2 Å². The summed E-state index contributed by atoms with van der Waals surface area (Å²) in [5.74, 6) is 0.868. The number of anilines is 1. The SMILES string of the molecule is [C-]#[N+]c1cccc(-c2ccc(F)nc2)c1N1CCC(c2nncn2C)CC1. The average molecular weight is 362 g/mol. The second-order valence-corrected chi connectivity index (χ2v) is 6.72. The largest absolute Gasteiger partial charge is 0.380 e. The van der Waals surface area contributed by atoms with E-state index < -0.39 is 5.95 Å². The second kappa shape index (κ2) is 7.16. The van der Waals surface area contributed by atoms with Crippen LogP contribution < -0.4 is 4.90 Å². The van der Waals surface area contributed by atoms with Crippen molar-refractivity contribution in [1.82, 2.24) is 19.7 Å². The van der Waals surface area contributed by atoms with Crippen LogP contribution in [0.3, 0.4) is 0 Å². The van der Waals surface area contributed by atoms with Gasteiger partial charge in [0, 0.05) is 43.5 Å². The minimum absolute atomic E-state index is 0.366. The Morgan fingerprint density at radius 3 is 2.63 bits per heavy atom. The van der Waals surface area contributed by atoms with Gasteiger partial charge in [0.05, 0.1) is 6.57 Å². The number of piperidine rings is 1. The van der Waals surface area contributed by atoms with Crippen molar-refractivity contribution >= 4 is 11.4 Å². The van der Waals surface area contributed by atoms with E-state index >= 15 is 0 Å². The van der Waals surface area contributed by atoms with Gasteiger partial charge in [-0.05, 0) is 30.5 Å². The Morgan fingerprint density at radius 2 is 2.00 bits per heavy atom. The van der Waals surface area contributed by atoms with Crippen LogP contribution in [0, 0.1) is 12.5 Å². The van der Waals surface area contributed by atoms with E-state index in [1.54, 1.807) is 12.4 Å². The molecule has 2 aromatic heterocycles. The van der Waals surface area contributed by atoms with Gasteiger partial charge in [-0.3, -0.25) is 0 Å². The predicted octanol–water partition coefficient (Wildman–Crippen LogP) is 3.95. The molecule has 0 radical (unpaired) electrons. The molecule has 0 atom stereocenters. The topological polar surface area (TPSA) is 51.2 Å². The van der Waals surface area contributed by atoms with Crippen LogP contribution in [0.15, 0.2) is 42.9 Å². The molecule has 0 N–H and O–H groups in total. The molecule has 27 heavy (non-hydrogen) atoms. The number of hydrogen-bond acceptors (Lipinski definition) is 4. The van der Waals surface area contributed by atoms with Gasteiger partial charge in [-0.2, -0.15) is 4.39 Å². The number of rotatable bonds is 3. The number of pyridine rings is 1. The molecule has 1 aliphatic rings. The molecular formula is C20H19FN6. The molecule has 1 aromatic carbocycles. The maximum absolute atomic E-state index is 13.2. The van der Waals surface area contributed by atoms with Gasteiger partial charge in [0.2, 0.25) is 11.6 Å². The van der Waals surface area contributed by atoms with Gasteiger partial charge in [0.1, 0.15) is 12.2 Å². The van der Waals surface area contributed by atoms with Crippen molar-refractivity contribution in [2.24, 2.45) is 7.05 Å². The molecule has 0 spiro atoms. The highest BCUT2D eigenvalue weighted by atomic mass is 19.1. The molecule has 1 saturated heterocycles. The summed E-state index contributed by atoms with van der Waals surface area (Å²) in [7, 11) is 1.97. The maximum atomic E-state index is 13.2. The fraction of sp³-hybridized carbons (Fsp3) is 0.300. The van der Waals surface area contributed by atoms with E-state index in [0.29, 0.717) is 11.6 Å². The molecule has 3 aromatic rings. The van der Waals surface area contributed by atoms with Crippen molar-refractivity contribution in [3.8, 4) is 11.1 Å². The zero-order valence-electron chi connectivity index (χ0n) is 15.0. The third kappa shape index (κ3) is 3.26. The third-order valence-electron chi connectivity index (χ3n) is 5.10. The van der Waals surface area contributed by atoms with Crippen molar-refractivity contribution < 1.29 is 4.39 Å². The second-order valence-electron chi connectivity index (χ2n) is 6.72. The highest BCUT2D eigenvalue weighted by molar-refractivity contribution is 5.88. The molecule has 7 heteroatoms. The fourth-order valence-electron chi connectivity index (χ4n) is 3.75. The van der Waals surface area contributed by atoms with E-state index in [0.717, 1.165) is 48.6 Å². The summed E-state index contributed by atoms with van der Waals surface area (Å²) < 4.78 is 15.2. The van der Waals surface area contributed by atoms with Crippen LogP contribution in [0.5, 0.6) is 0 Å². The molecule has 6 nitrogen and oxygen atoms in total. The number of benzene rings is 1. The van der Waals surface area contributed by atoms with Crippen molar-refractivity contribution in [2.75, 3.05) is 18.0 Å². The summed E-state index contributed by atoms with van der Waals surface area (Å²) in [6.07, 6.45) is 5.14. The summed E-state index contributed by atoms with van der Waals surface area (Å²) in [5, 5.41) is 8.23. The maximum Gasteiger partial charge on any atom is 0.212 e. The standard InChI is InChI=1S/C20H19FN6/c1-22-17-5-3-4-16(15-6-7-18(21)23-12-15)19(17)27-10-8-14(9-11-27)20-25-24-13-26(20)2/h3-7,12-14H,8-11H2,2H3. The van der Waals surface area contributed by atoms with Crippen LogP contribution >= 0.6 is 0 Å². The Balaban J connectivity index is 1.65. The van der Waals surface area contributed by atoms with Crippen LogP contribution in [0.4, 0.5) is 15.8 Å². The van der Waals surface area contributed by atoms with Gasteiger partial charge in [0.15, 0.2) is 0 Å². The molecule has 136 valence electrons. The number of hydrogen-bond donors (Lipinski definition) is 0. The Morgan fingerprint density at radius 1 is 1.19 bits per heavy atom. The first-order chi connectivity index (χ1) is 13.2. The minimum Gasteiger partial charge on any atom is -0.380 e. The third-order valence-corrected chi connectivity index (χ3v) is 5.10. The van der Waals surface area contributed by atoms with Crippen LogP contribution in [0.2, 0.25) is 0 Å². The van der Waals surface area contributed by atoms with E-state index in [9.17, 15) is 4.39 Å². The highest BCUT2D eigenvalue weighted by Gasteiger charge is 2.26. The Labute approximate surface area is 157 Å². The molecule has 3 heterocycles. The molecule has 0 saturated carbocycles. The fourth-order valence-corrected chi connectivity index (χ4v) is 3.75. The number of halogens is 1. The highest BCUT2D eigenvalue weighted by Crippen LogP contribution is 2.41. The predicted molar refractivity (Wildman–Crippen MR) is 101 cm³/mol. The zero-order valence-corrected chi connectivity index (χ0v) is 15.0. The first-order valence-electron chi connectivity index (χ1n) is 8.88. The van der Waals surface area contributed by atoms with Crippen molar-refractivity contribution in [3.05, 3.63) is 66.0 Å². The molecule has 1 aliphatic heterocycles. The number of aryl methyl sites for hydroxylation is 1. The summed E-state index contributed by atoms with van der Waals surface area (Å²) in [4.78, 5) is 9.74. The van der Waals surface area contributed by atoms with Gasteiger partial charge in [0.25, 0.3) is 0 Å². The summed E-state index contributed by atoms with van der Waals surface area (Å²) in [6.45, 7) is 9.23. The lowest BCUT2D eigenvalue weighted by molar-refractivity contribution is 0.474. The van der Waals surface area contributed by atoms with E-state index in [4.69, 9.17) is 6.57 Å². The summed E-state index contributed by atoms with van der Waals surface area (Å²) >= 11 is 0. The van der Waals surface area contributed by atoms with Crippen LogP contribution in [-0.4, -0.2) is 32.8 Å². The van der Waals surface area contributed by atoms with E-state index in [1.807, 2.05) is 29.8 Å². The number of nitrogens with zero attached hydrogens (tertiary/aromatic N) is 6. The average Bonchev–Trinajstić information content (AvgIpc) is 3.14. The van der Waals surface area contributed by atoms with Gasteiger partial charge >= 0.3 is 0 Å². The Hall–Kier alpha value is -3.27. The lowest BCUT2D eigenvalue weighted by Crippen LogP contribution is -2.34. The van der Waals surface area contributed by atoms with E-state index in [-0.39, 0.29) is 0 Å². The van der Waals surface area contributed by atoms with E-state index in [1.165, 1.54) is 12.3 Å². The normalized spacial score (nSPS) is 14.9. The van der Waals surface area contributed by atoms with Gasteiger partial charge in [-0.1, -0.05) is 18.2 Å².